The van der Waals surface area contributed by atoms with Crippen LogP contribution in [0, 0.1) is 0 Å². The minimum atomic E-state index is 0.135. The lowest BCUT2D eigenvalue weighted by Gasteiger charge is -2.14. The predicted molar refractivity (Wildman–Crippen MR) is 72.9 cm³/mol. The van der Waals surface area contributed by atoms with Gasteiger partial charge in [0.2, 0.25) is 0 Å². The molecule has 0 saturated carbocycles. The first-order valence-corrected chi connectivity index (χ1v) is 5.91. The number of rotatable bonds is 3. The van der Waals surface area contributed by atoms with Crippen LogP contribution in [0.25, 0.3) is 0 Å². The highest BCUT2D eigenvalue weighted by Gasteiger charge is 2.10. The summed E-state index contributed by atoms with van der Waals surface area (Å²) >= 11 is 0. The minimum Gasteiger partial charge on any atom is -0.508 e. The Hall–Kier alpha value is -2.22. The summed E-state index contributed by atoms with van der Waals surface area (Å²) in [5.74, 6) is 0.670. The maximum absolute atomic E-state index is 9.32. The Morgan fingerprint density at radius 1 is 0.778 bits per heavy atom. The van der Waals surface area contributed by atoms with Crippen LogP contribution in [-0.4, -0.2) is 10.2 Å². The monoisotopic (exact) mass is 240 g/mol. The standard InChI is InChI=1S/C16H16O2/c1-2-3-16(12-4-8-14(17)9-5-12)13-6-10-15(18)11-7-13/h2-11,16-18H,1H3/b3-2+. The lowest BCUT2D eigenvalue weighted by Crippen LogP contribution is -1.97. The van der Waals surface area contributed by atoms with Gasteiger partial charge in [-0.1, -0.05) is 36.4 Å². The summed E-state index contributed by atoms with van der Waals surface area (Å²) in [6, 6.07) is 14.4. The molecule has 0 radical (unpaired) electrons. The molecular formula is C16H16O2. The Kier molecular flexibility index (Phi) is 3.68. The zero-order chi connectivity index (χ0) is 13.0. The number of hydrogen-bond donors (Lipinski definition) is 2. The van der Waals surface area contributed by atoms with Crippen LogP contribution in [0.3, 0.4) is 0 Å². The number of phenols is 2. The van der Waals surface area contributed by atoms with Crippen molar-refractivity contribution in [3.63, 3.8) is 0 Å². The van der Waals surface area contributed by atoms with Crippen molar-refractivity contribution < 1.29 is 10.2 Å². The third-order valence-corrected chi connectivity index (χ3v) is 2.89. The zero-order valence-electron chi connectivity index (χ0n) is 10.2. The van der Waals surface area contributed by atoms with E-state index in [0.717, 1.165) is 11.1 Å². The average Bonchev–Trinajstić information content (AvgIpc) is 2.39. The summed E-state index contributed by atoms with van der Waals surface area (Å²) < 4.78 is 0. The van der Waals surface area contributed by atoms with Gasteiger partial charge >= 0.3 is 0 Å². The Labute approximate surface area is 107 Å². The molecule has 0 heterocycles. The van der Waals surface area contributed by atoms with Gasteiger partial charge in [-0.05, 0) is 42.3 Å². The van der Waals surface area contributed by atoms with Gasteiger partial charge in [-0.3, -0.25) is 0 Å². The van der Waals surface area contributed by atoms with E-state index < -0.39 is 0 Å². The van der Waals surface area contributed by atoms with Gasteiger partial charge in [0.05, 0.1) is 0 Å². The van der Waals surface area contributed by atoms with Crippen LogP contribution >= 0.6 is 0 Å². The molecule has 2 aromatic carbocycles. The summed E-state index contributed by atoms with van der Waals surface area (Å²) in [5.41, 5.74) is 2.22. The Morgan fingerprint density at radius 3 is 1.50 bits per heavy atom. The van der Waals surface area contributed by atoms with Crippen molar-refractivity contribution in [2.24, 2.45) is 0 Å². The lowest BCUT2D eigenvalue weighted by molar-refractivity contribution is 0.475. The molecule has 0 spiro atoms. The zero-order valence-corrected chi connectivity index (χ0v) is 10.2. The molecule has 0 atom stereocenters. The third-order valence-electron chi connectivity index (χ3n) is 2.89. The molecular weight excluding hydrogens is 224 g/mol. The van der Waals surface area contributed by atoms with Crippen LogP contribution in [0.15, 0.2) is 60.7 Å². The maximum Gasteiger partial charge on any atom is 0.115 e. The second-order valence-corrected chi connectivity index (χ2v) is 4.19. The van der Waals surface area contributed by atoms with Gasteiger partial charge in [0.25, 0.3) is 0 Å². The largest absolute Gasteiger partial charge is 0.508 e. The highest BCUT2D eigenvalue weighted by molar-refractivity contribution is 5.40. The maximum atomic E-state index is 9.32. The summed E-state index contributed by atoms with van der Waals surface area (Å²) in [5, 5.41) is 18.6. The molecule has 0 bridgehead atoms. The molecule has 0 fully saturated rings. The van der Waals surface area contributed by atoms with E-state index in [4.69, 9.17) is 0 Å². The molecule has 2 rings (SSSR count). The van der Waals surface area contributed by atoms with E-state index in [9.17, 15) is 10.2 Å². The molecule has 0 aliphatic rings. The average molecular weight is 240 g/mol. The first kappa shape index (κ1) is 12.2. The fraction of sp³-hybridized carbons (Fsp3) is 0.125. The molecule has 2 N–H and O–H groups in total. The van der Waals surface area contributed by atoms with Crippen molar-refractivity contribution in [3.05, 3.63) is 71.8 Å². The Balaban J connectivity index is 2.39. The van der Waals surface area contributed by atoms with Crippen LogP contribution < -0.4 is 0 Å². The van der Waals surface area contributed by atoms with Gasteiger partial charge in [-0.25, -0.2) is 0 Å². The third kappa shape index (κ3) is 2.72. The van der Waals surface area contributed by atoms with E-state index in [1.165, 1.54) is 0 Å². The highest BCUT2D eigenvalue weighted by Crippen LogP contribution is 2.28. The van der Waals surface area contributed by atoms with Gasteiger partial charge in [-0.15, -0.1) is 0 Å². The SMILES string of the molecule is C/C=C/C(c1ccc(O)cc1)c1ccc(O)cc1. The smallest absolute Gasteiger partial charge is 0.115 e. The van der Waals surface area contributed by atoms with Gasteiger partial charge in [0, 0.05) is 5.92 Å². The summed E-state index contributed by atoms with van der Waals surface area (Å²) in [7, 11) is 0. The summed E-state index contributed by atoms with van der Waals surface area (Å²) in [4.78, 5) is 0. The second kappa shape index (κ2) is 5.41. The van der Waals surface area contributed by atoms with E-state index in [0.29, 0.717) is 0 Å². The van der Waals surface area contributed by atoms with Crippen LogP contribution in [0.4, 0.5) is 0 Å². The van der Waals surface area contributed by atoms with Gasteiger partial charge in [0.15, 0.2) is 0 Å². The molecule has 2 heteroatoms. The summed E-state index contributed by atoms with van der Waals surface area (Å²) in [6.07, 6.45) is 4.10. The van der Waals surface area contributed by atoms with Crippen LogP contribution in [0.1, 0.15) is 24.0 Å². The number of benzene rings is 2. The quantitative estimate of drug-likeness (QED) is 0.801. The molecule has 0 saturated heterocycles. The fourth-order valence-electron chi connectivity index (χ4n) is 1.97. The molecule has 2 aromatic rings. The van der Waals surface area contributed by atoms with E-state index >= 15 is 0 Å². The first-order chi connectivity index (χ1) is 8.70. The van der Waals surface area contributed by atoms with Crippen molar-refractivity contribution in [2.75, 3.05) is 0 Å². The Bertz CT molecular complexity index is 479. The topological polar surface area (TPSA) is 40.5 Å². The van der Waals surface area contributed by atoms with Crippen LogP contribution in [-0.2, 0) is 0 Å². The highest BCUT2D eigenvalue weighted by atomic mass is 16.3. The number of aromatic hydroxyl groups is 2. The molecule has 0 aliphatic carbocycles. The molecule has 0 unspecified atom stereocenters. The van der Waals surface area contributed by atoms with Crippen molar-refractivity contribution in [1.29, 1.82) is 0 Å². The minimum absolute atomic E-state index is 0.135. The first-order valence-electron chi connectivity index (χ1n) is 5.91. The summed E-state index contributed by atoms with van der Waals surface area (Å²) in [6.45, 7) is 1.98. The van der Waals surface area contributed by atoms with Crippen molar-refractivity contribution in [3.8, 4) is 11.5 Å². The van der Waals surface area contributed by atoms with Gasteiger partial charge in [0.1, 0.15) is 11.5 Å². The van der Waals surface area contributed by atoms with E-state index in [2.05, 4.69) is 6.08 Å². The van der Waals surface area contributed by atoms with Crippen LogP contribution in [0.2, 0.25) is 0 Å². The lowest BCUT2D eigenvalue weighted by atomic mass is 9.91. The van der Waals surface area contributed by atoms with Gasteiger partial charge < -0.3 is 10.2 Å². The predicted octanol–water partition coefficient (Wildman–Crippen LogP) is 3.81. The van der Waals surface area contributed by atoms with E-state index in [-0.39, 0.29) is 17.4 Å². The van der Waals surface area contributed by atoms with Crippen LogP contribution in [0.5, 0.6) is 11.5 Å². The van der Waals surface area contributed by atoms with Crippen molar-refractivity contribution in [1.82, 2.24) is 0 Å². The van der Waals surface area contributed by atoms with Crippen molar-refractivity contribution in [2.45, 2.75) is 12.8 Å². The number of phenolic OH excluding ortho intramolecular Hbond substituents is 2. The van der Waals surface area contributed by atoms with Gasteiger partial charge in [-0.2, -0.15) is 0 Å². The molecule has 0 aliphatic heterocycles. The Morgan fingerprint density at radius 2 is 1.17 bits per heavy atom. The van der Waals surface area contributed by atoms with E-state index in [1.807, 2.05) is 37.3 Å². The normalized spacial score (nSPS) is 11.2. The molecule has 0 aromatic heterocycles. The molecule has 2 nitrogen and oxygen atoms in total. The molecule has 0 amide bonds. The second-order valence-electron chi connectivity index (χ2n) is 4.19. The van der Waals surface area contributed by atoms with Crippen molar-refractivity contribution >= 4 is 0 Å². The molecule has 18 heavy (non-hydrogen) atoms. The number of allylic oxidation sites excluding steroid dienone is 2. The number of hydrogen-bond acceptors (Lipinski definition) is 2. The molecule has 92 valence electrons. The fourth-order valence-corrected chi connectivity index (χ4v) is 1.97. The van der Waals surface area contributed by atoms with E-state index in [1.54, 1.807) is 24.3 Å².